The minimum Gasteiger partial charge on any atom is -0.341 e. The molecule has 0 radical (unpaired) electrons. The average Bonchev–Trinajstić information content (AvgIpc) is 3.15. The first kappa shape index (κ1) is 23.4. The van der Waals surface area contributed by atoms with E-state index in [1.807, 2.05) is 35.7 Å². The van der Waals surface area contributed by atoms with Crippen molar-refractivity contribution in [2.75, 3.05) is 11.9 Å². The second-order valence-corrected chi connectivity index (χ2v) is 8.61. The summed E-state index contributed by atoms with van der Waals surface area (Å²) in [6, 6.07) is 13.0. The molecule has 1 atom stereocenters. The first-order valence-electron chi connectivity index (χ1n) is 9.28. The lowest BCUT2D eigenvalue weighted by Crippen LogP contribution is -2.49. The Morgan fingerprint density at radius 2 is 1.84 bits per heavy atom. The third kappa shape index (κ3) is 6.63. The summed E-state index contributed by atoms with van der Waals surface area (Å²) in [5.74, 6) is -0.520. The van der Waals surface area contributed by atoms with Crippen LogP contribution in [-0.2, 0) is 11.2 Å². The molecule has 3 rings (SSSR count). The second-order valence-electron chi connectivity index (χ2n) is 6.56. The minimum atomic E-state index is -4.40. The molecule has 0 aliphatic rings. The number of anilines is 1. The molecule has 6 nitrogen and oxygen atoms in total. The Kier molecular flexibility index (Phi) is 7.61. The lowest BCUT2D eigenvalue weighted by molar-refractivity contribution is -0.122. The maximum absolute atomic E-state index is 12.5. The maximum Gasteiger partial charge on any atom is 0.446 e. The van der Waals surface area contributed by atoms with Gasteiger partial charge in [-0.2, -0.15) is 18.4 Å². The highest BCUT2D eigenvalue weighted by Crippen LogP contribution is 2.37. The van der Waals surface area contributed by atoms with Crippen molar-refractivity contribution in [1.29, 1.82) is 5.26 Å². The number of hydrogen-bond donors (Lipinski definition) is 3. The molecule has 1 heterocycles. The summed E-state index contributed by atoms with van der Waals surface area (Å²) in [5, 5.41) is 19.1. The van der Waals surface area contributed by atoms with Gasteiger partial charge in [-0.05, 0) is 58.4 Å². The number of thioether (sulfide) groups is 1. The Morgan fingerprint density at radius 1 is 1.12 bits per heavy atom. The van der Waals surface area contributed by atoms with Crippen LogP contribution in [-0.4, -0.2) is 30.0 Å². The third-order valence-corrected chi connectivity index (χ3v) is 6.05. The fourth-order valence-corrected chi connectivity index (χ4v) is 4.45. The summed E-state index contributed by atoms with van der Waals surface area (Å²) in [6.07, 6.45) is 0.204. The zero-order valence-corrected chi connectivity index (χ0v) is 18.0. The molecule has 11 heteroatoms. The van der Waals surface area contributed by atoms with E-state index >= 15 is 0 Å². The van der Waals surface area contributed by atoms with E-state index in [1.54, 1.807) is 0 Å². The van der Waals surface area contributed by atoms with E-state index in [0.717, 1.165) is 15.6 Å². The van der Waals surface area contributed by atoms with Gasteiger partial charge in [0.25, 0.3) is 0 Å². The first-order chi connectivity index (χ1) is 15.2. The van der Waals surface area contributed by atoms with E-state index in [1.165, 1.54) is 35.6 Å². The van der Waals surface area contributed by atoms with Gasteiger partial charge in [0.1, 0.15) is 12.6 Å². The van der Waals surface area contributed by atoms with Gasteiger partial charge in [-0.1, -0.05) is 18.2 Å². The van der Waals surface area contributed by atoms with E-state index in [2.05, 4.69) is 16.0 Å². The number of amides is 3. The fourth-order valence-electron chi connectivity index (χ4n) is 2.94. The standard InChI is InChI=1S/C21H17F3N4O2S2/c22-21(23,24)32-15-7-5-14(6-8-15)27-20(30)28-17(19(29)26-10-9-25)11-13-12-31-18-4-2-1-3-16(13)18/h1-8,12,17H,10-11H2,(H,26,29)(H2,27,28,30). The van der Waals surface area contributed by atoms with Gasteiger partial charge in [-0.15, -0.1) is 11.3 Å². The van der Waals surface area contributed by atoms with Crippen molar-refractivity contribution in [2.24, 2.45) is 0 Å². The monoisotopic (exact) mass is 478 g/mol. The number of benzene rings is 2. The third-order valence-electron chi connectivity index (χ3n) is 4.29. The van der Waals surface area contributed by atoms with Crippen LogP contribution >= 0.6 is 23.1 Å². The molecule has 3 N–H and O–H groups in total. The van der Waals surface area contributed by atoms with Gasteiger partial charge in [0.15, 0.2) is 0 Å². The molecule has 3 aromatic rings. The molecular weight excluding hydrogens is 461 g/mol. The molecule has 0 saturated heterocycles. The fraction of sp³-hybridized carbons (Fsp3) is 0.190. The van der Waals surface area contributed by atoms with Gasteiger partial charge in [0.2, 0.25) is 5.91 Å². The number of fused-ring (bicyclic) bond motifs is 1. The number of halogens is 3. The van der Waals surface area contributed by atoms with Crippen molar-refractivity contribution < 1.29 is 22.8 Å². The van der Waals surface area contributed by atoms with Crippen LogP contribution in [0.2, 0.25) is 0 Å². The van der Waals surface area contributed by atoms with Crippen molar-refractivity contribution in [3.63, 3.8) is 0 Å². The lowest BCUT2D eigenvalue weighted by Gasteiger charge is -2.18. The highest BCUT2D eigenvalue weighted by molar-refractivity contribution is 8.00. The smallest absolute Gasteiger partial charge is 0.341 e. The molecule has 0 saturated carbocycles. The van der Waals surface area contributed by atoms with Gasteiger partial charge in [-0.3, -0.25) is 4.79 Å². The number of hydrogen-bond acceptors (Lipinski definition) is 5. The van der Waals surface area contributed by atoms with Gasteiger partial charge >= 0.3 is 11.5 Å². The molecule has 0 spiro atoms. The number of nitriles is 1. The minimum absolute atomic E-state index is 0.0125. The van der Waals surface area contributed by atoms with Crippen molar-refractivity contribution in [2.45, 2.75) is 22.9 Å². The number of rotatable bonds is 7. The molecule has 2 aromatic carbocycles. The van der Waals surface area contributed by atoms with E-state index in [-0.39, 0.29) is 35.3 Å². The number of nitrogens with one attached hydrogen (secondary N) is 3. The van der Waals surface area contributed by atoms with Crippen LogP contribution in [0.5, 0.6) is 0 Å². The SMILES string of the molecule is N#CCNC(=O)C(Cc1csc2ccccc12)NC(=O)Nc1ccc(SC(F)(F)F)cc1. The van der Waals surface area contributed by atoms with Gasteiger partial charge < -0.3 is 16.0 Å². The molecule has 0 bridgehead atoms. The van der Waals surface area contributed by atoms with Crippen molar-refractivity contribution in [1.82, 2.24) is 10.6 Å². The summed E-state index contributed by atoms with van der Waals surface area (Å²) in [5.41, 5.74) is -3.26. The molecule has 0 aliphatic carbocycles. The van der Waals surface area contributed by atoms with Crippen LogP contribution in [0.3, 0.4) is 0 Å². The Bertz CT molecular complexity index is 1140. The number of urea groups is 1. The molecule has 32 heavy (non-hydrogen) atoms. The van der Waals surface area contributed by atoms with Crippen LogP contribution in [0, 0.1) is 11.3 Å². The Hall–Kier alpha value is -3.23. The first-order valence-corrected chi connectivity index (χ1v) is 11.0. The topological polar surface area (TPSA) is 94.0 Å². The second kappa shape index (κ2) is 10.4. The van der Waals surface area contributed by atoms with Crippen LogP contribution in [0.15, 0.2) is 58.8 Å². The highest BCUT2D eigenvalue weighted by Gasteiger charge is 2.29. The molecule has 166 valence electrons. The maximum atomic E-state index is 12.5. The van der Waals surface area contributed by atoms with Gasteiger partial charge in [0, 0.05) is 21.7 Å². The van der Waals surface area contributed by atoms with Gasteiger partial charge in [0.05, 0.1) is 6.07 Å². The van der Waals surface area contributed by atoms with Gasteiger partial charge in [-0.25, -0.2) is 4.79 Å². The van der Waals surface area contributed by atoms with Crippen LogP contribution in [0.25, 0.3) is 10.1 Å². The zero-order chi connectivity index (χ0) is 23.1. The van der Waals surface area contributed by atoms with Crippen molar-refractivity contribution in [3.8, 4) is 6.07 Å². The molecular formula is C21H17F3N4O2S2. The van der Waals surface area contributed by atoms with Crippen LogP contribution < -0.4 is 16.0 Å². The van der Waals surface area contributed by atoms with Crippen molar-refractivity contribution >= 4 is 50.8 Å². The number of nitrogens with zero attached hydrogens (tertiary/aromatic N) is 1. The summed E-state index contributed by atoms with van der Waals surface area (Å²) < 4.78 is 38.4. The molecule has 1 unspecified atom stereocenters. The Balaban J connectivity index is 1.69. The van der Waals surface area contributed by atoms with E-state index in [0.29, 0.717) is 0 Å². The zero-order valence-electron chi connectivity index (χ0n) is 16.4. The molecule has 0 aliphatic heterocycles. The normalized spacial score (nSPS) is 12.1. The molecule has 3 amide bonds. The van der Waals surface area contributed by atoms with E-state index < -0.39 is 23.5 Å². The number of thiophene rings is 1. The van der Waals surface area contributed by atoms with Crippen LogP contribution in [0.1, 0.15) is 5.56 Å². The van der Waals surface area contributed by atoms with Crippen molar-refractivity contribution in [3.05, 3.63) is 59.5 Å². The summed E-state index contributed by atoms with van der Waals surface area (Å²) in [6.45, 7) is -0.207. The molecule has 1 aromatic heterocycles. The average molecular weight is 479 g/mol. The molecule has 0 fully saturated rings. The summed E-state index contributed by atoms with van der Waals surface area (Å²) in [7, 11) is 0. The predicted octanol–water partition coefficient (Wildman–Crippen LogP) is 4.89. The highest BCUT2D eigenvalue weighted by atomic mass is 32.2. The Labute approximate surface area is 189 Å². The van der Waals surface area contributed by atoms with E-state index in [4.69, 9.17) is 5.26 Å². The number of carbonyl (C=O) groups excluding carboxylic acids is 2. The number of alkyl halides is 3. The number of carbonyl (C=O) groups is 2. The summed E-state index contributed by atoms with van der Waals surface area (Å²) >= 11 is 1.26. The Morgan fingerprint density at radius 3 is 2.53 bits per heavy atom. The largest absolute Gasteiger partial charge is 0.446 e. The predicted molar refractivity (Wildman–Crippen MR) is 118 cm³/mol. The summed E-state index contributed by atoms with van der Waals surface area (Å²) in [4.78, 5) is 25.0. The quantitative estimate of drug-likeness (QED) is 0.333. The van der Waals surface area contributed by atoms with Crippen LogP contribution in [0.4, 0.5) is 23.7 Å². The van der Waals surface area contributed by atoms with E-state index in [9.17, 15) is 22.8 Å². The lowest BCUT2D eigenvalue weighted by atomic mass is 10.0.